The summed E-state index contributed by atoms with van der Waals surface area (Å²) in [7, 11) is 0. The third-order valence-electron chi connectivity index (χ3n) is 3.83. The van der Waals surface area contributed by atoms with E-state index < -0.39 is 5.97 Å². The largest absolute Gasteiger partial charge is 0.481 e. The lowest BCUT2D eigenvalue weighted by Gasteiger charge is -2.20. The van der Waals surface area contributed by atoms with Crippen molar-refractivity contribution in [3.63, 3.8) is 0 Å². The number of likely N-dealkylation sites (tertiary alicyclic amines) is 1. The summed E-state index contributed by atoms with van der Waals surface area (Å²) in [6, 6.07) is 0.602. The lowest BCUT2D eigenvalue weighted by Crippen LogP contribution is -2.28. The van der Waals surface area contributed by atoms with E-state index in [1.54, 1.807) is 0 Å². The van der Waals surface area contributed by atoms with Crippen LogP contribution in [0.15, 0.2) is 11.4 Å². The number of aliphatic carboxylic acids is 1. The van der Waals surface area contributed by atoms with E-state index >= 15 is 0 Å². The first-order chi connectivity index (χ1) is 9.47. The van der Waals surface area contributed by atoms with E-state index in [1.165, 1.54) is 18.2 Å². The van der Waals surface area contributed by atoms with Crippen molar-refractivity contribution in [2.45, 2.75) is 44.9 Å². The fourth-order valence-corrected chi connectivity index (χ4v) is 3.40. The van der Waals surface area contributed by atoms with E-state index in [1.807, 2.05) is 13.1 Å². The van der Waals surface area contributed by atoms with Gasteiger partial charge in [-0.2, -0.15) is 0 Å². The van der Waals surface area contributed by atoms with E-state index in [4.69, 9.17) is 5.11 Å². The Bertz CT molecular complexity index is 473. The predicted molar refractivity (Wildman–Crippen MR) is 80.1 cm³/mol. The molecule has 0 saturated carbocycles. The SMILES string of the molecule is Cc1cnc(SCC(=O)O)n1CC1CCN(C(C)C)C1. The summed E-state index contributed by atoms with van der Waals surface area (Å²) in [4.78, 5) is 17.5. The van der Waals surface area contributed by atoms with Crippen LogP contribution in [0.2, 0.25) is 0 Å². The summed E-state index contributed by atoms with van der Waals surface area (Å²) in [6.45, 7) is 9.73. The van der Waals surface area contributed by atoms with Gasteiger partial charge in [0.05, 0.1) is 5.75 Å². The third-order valence-corrected chi connectivity index (χ3v) is 4.81. The van der Waals surface area contributed by atoms with E-state index in [9.17, 15) is 4.79 Å². The molecule has 5 nitrogen and oxygen atoms in total. The summed E-state index contributed by atoms with van der Waals surface area (Å²) < 4.78 is 2.17. The van der Waals surface area contributed by atoms with E-state index in [-0.39, 0.29) is 5.75 Å². The highest BCUT2D eigenvalue weighted by Gasteiger charge is 2.25. The van der Waals surface area contributed by atoms with Crippen molar-refractivity contribution in [1.29, 1.82) is 0 Å². The van der Waals surface area contributed by atoms with Crippen molar-refractivity contribution in [2.75, 3.05) is 18.8 Å². The summed E-state index contributed by atoms with van der Waals surface area (Å²) in [5, 5.41) is 9.61. The summed E-state index contributed by atoms with van der Waals surface area (Å²) >= 11 is 1.31. The van der Waals surface area contributed by atoms with Crippen LogP contribution in [0.25, 0.3) is 0 Å². The van der Waals surface area contributed by atoms with Crippen LogP contribution in [-0.2, 0) is 11.3 Å². The molecule has 2 heterocycles. The summed E-state index contributed by atoms with van der Waals surface area (Å²) in [6.07, 6.45) is 3.04. The third kappa shape index (κ3) is 3.76. The number of hydrogen-bond donors (Lipinski definition) is 1. The lowest BCUT2D eigenvalue weighted by molar-refractivity contribution is -0.133. The summed E-state index contributed by atoms with van der Waals surface area (Å²) in [5.41, 5.74) is 1.11. The van der Waals surface area contributed by atoms with Gasteiger partial charge in [-0.05, 0) is 39.7 Å². The molecule has 1 fully saturated rings. The topological polar surface area (TPSA) is 58.4 Å². The van der Waals surface area contributed by atoms with Gasteiger partial charge in [-0.15, -0.1) is 0 Å². The number of carboxylic acids is 1. The first-order valence-electron chi connectivity index (χ1n) is 7.08. The zero-order valence-electron chi connectivity index (χ0n) is 12.4. The van der Waals surface area contributed by atoms with Crippen LogP contribution >= 0.6 is 11.8 Å². The molecule has 1 N–H and O–H groups in total. The molecular formula is C14H23N3O2S. The van der Waals surface area contributed by atoms with E-state index in [0.717, 1.165) is 30.5 Å². The molecule has 1 aliphatic rings. The minimum Gasteiger partial charge on any atom is -0.481 e. The second kappa shape index (κ2) is 6.63. The number of imidazole rings is 1. The molecular weight excluding hydrogens is 274 g/mol. The molecule has 1 unspecified atom stereocenters. The zero-order chi connectivity index (χ0) is 14.7. The molecule has 112 valence electrons. The number of hydrogen-bond acceptors (Lipinski definition) is 4. The second-order valence-corrected chi connectivity index (χ2v) is 6.66. The number of carboxylic acid groups (broad SMARTS) is 1. The monoisotopic (exact) mass is 297 g/mol. The lowest BCUT2D eigenvalue weighted by atomic mass is 10.1. The predicted octanol–water partition coefficient (Wildman–Crippen LogP) is 2.10. The van der Waals surface area contributed by atoms with Crippen LogP contribution in [0.3, 0.4) is 0 Å². The van der Waals surface area contributed by atoms with Gasteiger partial charge < -0.3 is 14.6 Å². The molecule has 1 aliphatic heterocycles. The fourth-order valence-electron chi connectivity index (χ4n) is 2.64. The normalized spacial score (nSPS) is 19.9. The van der Waals surface area contributed by atoms with Gasteiger partial charge in [0.2, 0.25) is 0 Å². The van der Waals surface area contributed by atoms with E-state index in [0.29, 0.717) is 12.0 Å². The number of carbonyl (C=O) groups is 1. The minimum atomic E-state index is -0.797. The van der Waals surface area contributed by atoms with Gasteiger partial charge in [0, 0.05) is 31.0 Å². The first kappa shape index (κ1) is 15.4. The molecule has 1 aromatic rings. The number of rotatable bonds is 6. The average Bonchev–Trinajstić information content (AvgIpc) is 2.97. The Balaban J connectivity index is 1.99. The number of thioether (sulfide) groups is 1. The maximum absolute atomic E-state index is 10.7. The first-order valence-corrected chi connectivity index (χ1v) is 8.06. The number of aromatic nitrogens is 2. The molecule has 1 aromatic heterocycles. The van der Waals surface area contributed by atoms with Gasteiger partial charge in [-0.3, -0.25) is 4.79 Å². The van der Waals surface area contributed by atoms with Gasteiger partial charge in [-0.25, -0.2) is 4.98 Å². The highest BCUT2D eigenvalue weighted by molar-refractivity contribution is 7.99. The minimum absolute atomic E-state index is 0.0687. The fraction of sp³-hybridized carbons (Fsp3) is 0.714. The van der Waals surface area contributed by atoms with Crippen molar-refractivity contribution in [1.82, 2.24) is 14.5 Å². The Morgan fingerprint density at radius 2 is 2.35 bits per heavy atom. The maximum atomic E-state index is 10.7. The van der Waals surface area contributed by atoms with Gasteiger partial charge >= 0.3 is 5.97 Å². The second-order valence-electron chi connectivity index (χ2n) is 5.72. The van der Waals surface area contributed by atoms with Gasteiger partial charge in [0.25, 0.3) is 0 Å². The average molecular weight is 297 g/mol. The zero-order valence-corrected chi connectivity index (χ0v) is 13.2. The van der Waals surface area contributed by atoms with Crippen LogP contribution in [0.4, 0.5) is 0 Å². The Kier molecular flexibility index (Phi) is 5.10. The van der Waals surface area contributed by atoms with Crippen molar-refractivity contribution >= 4 is 17.7 Å². The van der Waals surface area contributed by atoms with Crippen LogP contribution in [0.1, 0.15) is 26.0 Å². The van der Waals surface area contributed by atoms with Crippen molar-refractivity contribution in [3.8, 4) is 0 Å². The highest BCUT2D eigenvalue weighted by atomic mass is 32.2. The Morgan fingerprint density at radius 3 is 2.95 bits per heavy atom. The molecule has 0 aromatic carbocycles. The van der Waals surface area contributed by atoms with Crippen LogP contribution < -0.4 is 0 Å². The van der Waals surface area contributed by atoms with Gasteiger partial charge in [0.1, 0.15) is 0 Å². The number of nitrogens with zero attached hydrogens (tertiary/aromatic N) is 3. The van der Waals surface area contributed by atoms with Gasteiger partial charge in [-0.1, -0.05) is 11.8 Å². The molecule has 1 saturated heterocycles. The molecule has 0 bridgehead atoms. The summed E-state index contributed by atoms with van der Waals surface area (Å²) in [5.74, 6) is -0.0947. The maximum Gasteiger partial charge on any atom is 0.313 e. The van der Waals surface area contributed by atoms with Crippen molar-refractivity contribution in [3.05, 3.63) is 11.9 Å². The van der Waals surface area contributed by atoms with Crippen LogP contribution in [0.5, 0.6) is 0 Å². The molecule has 1 atom stereocenters. The molecule has 0 aliphatic carbocycles. The van der Waals surface area contributed by atoms with E-state index in [2.05, 4.69) is 28.3 Å². The van der Waals surface area contributed by atoms with Crippen molar-refractivity contribution < 1.29 is 9.90 Å². The van der Waals surface area contributed by atoms with Gasteiger partial charge in [0.15, 0.2) is 5.16 Å². The highest BCUT2D eigenvalue weighted by Crippen LogP contribution is 2.24. The molecule has 0 amide bonds. The molecule has 20 heavy (non-hydrogen) atoms. The Labute approximate surface area is 124 Å². The molecule has 0 spiro atoms. The molecule has 6 heteroatoms. The molecule has 0 radical (unpaired) electrons. The number of aryl methyl sites for hydroxylation is 1. The van der Waals surface area contributed by atoms with Crippen molar-refractivity contribution in [2.24, 2.45) is 5.92 Å². The van der Waals surface area contributed by atoms with Crippen LogP contribution in [0, 0.1) is 12.8 Å². The standard InChI is InChI=1S/C14H23N3O2S/c1-10(2)16-5-4-12(7-16)8-17-11(3)6-15-14(17)20-9-13(18)19/h6,10,12H,4-5,7-9H2,1-3H3,(H,18,19). The Hall–Kier alpha value is -1.01. The quantitative estimate of drug-likeness (QED) is 0.815. The smallest absolute Gasteiger partial charge is 0.313 e. The van der Waals surface area contributed by atoms with Crippen LogP contribution in [-0.4, -0.2) is 50.4 Å². The molecule has 2 rings (SSSR count). The Morgan fingerprint density at radius 1 is 1.60 bits per heavy atom.